The number of alkyl halides is 3. The molecule has 4 heterocycles. The van der Waals surface area contributed by atoms with Crippen molar-refractivity contribution in [3.05, 3.63) is 48.0 Å². The summed E-state index contributed by atoms with van der Waals surface area (Å²) in [5.41, 5.74) is -0.728. The lowest BCUT2D eigenvalue weighted by atomic mass is 9.85. The van der Waals surface area contributed by atoms with Crippen molar-refractivity contribution >= 4 is 11.9 Å². The molecule has 142 valence electrons. The highest BCUT2D eigenvalue weighted by atomic mass is 19.4. The number of rotatable bonds is 3. The summed E-state index contributed by atoms with van der Waals surface area (Å²) in [7, 11) is 0. The van der Waals surface area contributed by atoms with Crippen LogP contribution in [0.4, 0.5) is 19.1 Å². The highest BCUT2D eigenvalue weighted by molar-refractivity contribution is 5.86. The SMILES string of the molecule is O=C1N(Cc2ccccn2)CCC12CCN(c1nccc(C(F)(F)F)n1)C2. The number of carbonyl (C=O) groups is 1. The van der Waals surface area contributed by atoms with Crippen LogP contribution in [0.15, 0.2) is 36.7 Å². The first kappa shape index (κ1) is 17.7. The standard InChI is InChI=1S/C18H18F3N5O/c19-18(20,21)14-4-8-23-16(24-14)26-10-6-17(12-26)5-9-25(15(17)27)11-13-3-1-2-7-22-13/h1-4,7-8H,5-6,9-12H2. The van der Waals surface area contributed by atoms with E-state index in [0.717, 1.165) is 18.0 Å². The van der Waals surface area contributed by atoms with Crippen LogP contribution >= 0.6 is 0 Å². The zero-order valence-corrected chi connectivity index (χ0v) is 14.5. The molecule has 0 saturated carbocycles. The van der Waals surface area contributed by atoms with Gasteiger partial charge >= 0.3 is 6.18 Å². The third-order valence-corrected chi connectivity index (χ3v) is 5.25. The minimum atomic E-state index is -4.52. The van der Waals surface area contributed by atoms with E-state index >= 15 is 0 Å². The molecule has 0 bridgehead atoms. The van der Waals surface area contributed by atoms with Crippen molar-refractivity contribution in [3.8, 4) is 0 Å². The Labute approximate surface area is 154 Å². The van der Waals surface area contributed by atoms with Crippen molar-refractivity contribution < 1.29 is 18.0 Å². The number of pyridine rings is 1. The van der Waals surface area contributed by atoms with E-state index in [1.54, 1.807) is 16.0 Å². The van der Waals surface area contributed by atoms with Crippen molar-refractivity contribution in [1.29, 1.82) is 0 Å². The number of anilines is 1. The van der Waals surface area contributed by atoms with E-state index in [-0.39, 0.29) is 11.9 Å². The second-order valence-corrected chi connectivity index (χ2v) is 6.99. The number of nitrogens with zero attached hydrogens (tertiary/aromatic N) is 5. The number of carbonyl (C=O) groups excluding carboxylic acids is 1. The number of aromatic nitrogens is 3. The Balaban J connectivity index is 1.48. The summed E-state index contributed by atoms with van der Waals surface area (Å²) >= 11 is 0. The van der Waals surface area contributed by atoms with Gasteiger partial charge in [0.25, 0.3) is 0 Å². The van der Waals surface area contributed by atoms with Crippen molar-refractivity contribution in [2.45, 2.75) is 25.6 Å². The number of likely N-dealkylation sites (tertiary alicyclic amines) is 1. The quantitative estimate of drug-likeness (QED) is 0.823. The monoisotopic (exact) mass is 377 g/mol. The summed E-state index contributed by atoms with van der Waals surface area (Å²) in [5, 5.41) is 0. The maximum Gasteiger partial charge on any atom is 0.433 e. The van der Waals surface area contributed by atoms with Crippen LogP contribution in [0.5, 0.6) is 0 Å². The van der Waals surface area contributed by atoms with Gasteiger partial charge in [0, 0.05) is 32.0 Å². The zero-order valence-electron chi connectivity index (χ0n) is 14.5. The van der Waals surface area contributed by atoms with Crippen LogP contribution in [0, 0.1) is 5.41 Å². The van der Waals surface area contributed by atoms with Crippen LogP contribution in [0.25, 0.3) is 0 Å². The molecule has 2 aromatic heterocycles. The molecule has 4 rings (SSSR count). The molecule has 0 aliphatic carbocycles. The summed E-state index contributed by atoms with van der Waals surface area (Å²) in [6.07, 6.45) is -0.454. The molecule has 1 unspecified atom stereocenters. The Bertz CT molecular complexity index is 844. The van der Waals surface area contributed by atoms with E-state index in [4.69, 9.17) is 0 Å². The lowest BCUT2D eigenvalue weighted by molar-refractivity contribution is -0.141. The Hall–Kier alpha value is -2.71. The lowest BCUT2D eigenvalue weighted by Gasteiger charge is -2.23. The molecule has 0 N–H and O–H groups in total. The fourth-order valence-corrected chi connectivity index (χ4v) is 3.81. The largest absolute Gasteiger partial charge is 0.433 e. The minimum Gasteiger partial charge on any atom is -0.340 e. The molecular formula is C18H18F3N5O. The van der Waals surface area contributed by atoms with Crippen molar-refractivity contribution in [1.82, 2.24) is 19.9 Å². The average Bonchev–Trinajstić information content (AvgIpc) is 3.22. The third kappa shape index (κ3) is 3.33. The highest BCUT2D eigenvalue weighted by Crippen LogP contribution is 2.42. The molecule has 2 aliphatic heterocycles. The predicted molar refractivity (Wildman–Crippen MR) is 90.6 cm³/mol. The van der Waals surface area contributed by atoms with Gasteiger partial charge in [0.1, 0.15) is 5.69 Å². The molecule has 1 amide bonds. The van der Waals surface area contributed by atoms with E-state index in [1.165, 1.54) is 0 Å². The zero-order chi connectivity index (χ0) is 19.1. The third-order valence-electron chi connectivity index (χ3n) is 5.25. The van der Waals surface area contributed by atoms with E-state index in [0.29, 0.717) is 39.0 Å². The second kappa shape index (κ2) is 6.47. The number of hydrogen-bond acceptors (Lipinski definition) is 5. The van der Waals surface area contributed by atoms with E-state index < -0.39 is 17.3 Å². The molecule has 6 nitrogen and oxygen atoms in total. The van der Waals surface area contributed by atoms with Gasteiger partial charge in [-0.1, -0.05) is 6.07 Å². The molecular weight excluding hydrogens is 359 g/mol. The van der Waals surface area contributed by atoms with Gasteiger partial charge in [-0.15, -0.1) is 0 Å². The normalized spacial score (nSPS) is 22.9. The Morgan fingerprint density at radius 2 is 1.89 bits per heavy atom. The summed E-state index contributed by atoms with van der Waals surface area (Å²) in [6, 6.07) is 6.42. The summed E-state index contributed by atoms with van der Waals surface area (Å²) in [4.78, 5) is 28.3. The minimum absolute atomic E-state index is 0.0256. The Morgan fingerprint density at radius 3 is 2.63 bits per heavy atom. The first-order valence-corrected chi connectivity index (χ1v) is 8.72. The molecule has 2 aliphatic rings. The second-order valence-electron chi connectivity index (χ2n) is 6.99. The molecule has 2 fully saturated rings. The van der Waals surface area contributed by atoms with Crippen LogP contribution in [0.3, 0.4) is 0 Å². The molecule has 1 atom stereocenters. The topological polar surface area (TPSA) is 62.2 Å². The predicted octanol–water partition coefficient (Wildman–Crippen LogP) is 2.52. The molecule has 9 heteroatoms. The van der Waals surface area contributed by atoms with E-state index in [2.05, 4.69) is 15.0 Å². The van der Waals surface area contributed by atoms with Gasteiger partial charge in [0.15, 0.2) is 0 Å². The van der Waals surface area contributed by atoms with Crippen molar-refractivity contribution in [2.75, 3.05) is 24.5 Å². The Morgan fingerprint density at radius 1 is 1.07 bits per heavy atom. The van der Waals surface area contributed by atoms with Gasteiger partial charge in [-0.25, -0.2) is 9.97 Å². The summed E-state index contributed by atoms with van der Waals surface area (Å²) in [5.74, 6) is 0.0558. The number of hydrogen-bond donors (Lipinski definition) is 0. The van der Waals surface area contributed by atoms with Crippen LogP contribution in [-0.4, -0.2) is 45.4 Å². The van der Waals surface area contributed by atoms with Crippen molar-refractivity contribution in [3.63, 3.8) is 0 Å². The molecule has 1 spiro atoms. The first-order valence-electron chi connectivity index (χ1n) is 8.72. The van der Waals surface area contributed by atoms with Gasteiger partial charge in [0.05, 0.1) is 17.7 Å². The van der Waals surface area contributed by atoms with E-state index in [9.17, 15) is 18.0 Å². The first-order chi connectivity index (χ1) is 12.9. The van der Waals surface area contributed by atoms with Gasteiger partial charge in [0.2, 0.25) is 11.9 Å². The maximum absolute atomic E-state index is 13.0. The molecule has 2 saturated heterocycles. The van der Waals surface area contributed by atoms with Gasteiger partial charge in [-0.3, -0.25) is 9.78 Å². The molecule has 2 aromatic rings. The average molecular weight is 377 g/mol. The molecule has 0 aromatic carbocycles. The van der Waals surface area contributed by atoms with Gasteiger partial charge < -0.3 is 9.80 Å². The number of amides is 1. The van der Waals surface area contributed by atoms with Crippen LogP contribution in [-0.2, 0) is 17.5 Å². The summed E-state index contributed by atoms with van der Waals surface area (Å²) in [6.45, 7) is 1.87. The lowest BCUT2D eigenvalue weighted by Crippen LogP contribution is -2.37. The molecule has 27 heavy (non-hydrogen) atoms. The van der Waals surface area contributed by atoms with Gasteiger partial charge in [-0.05, 0) is 31.0 Å². The summed E-state index contributed by atoms with van der Waals surface area (Å²) < 4.78 is 38.7. The van der Waals surface area contributed by atoms with Crippen molar-refractivity contribution in [2.24, 2.45) is 5.41 Å². The van der Waals surface area contributed by atoms with Crippen LogP contribution in [0.2, 0.25) is 0 Å². The fraction of sp³-hybridized carbons (Fsp3) is 0.444. The molecule has 0 radical (unpaired) electrons. The van der Waals surface area contributed by atoms with Gasteiger partial charge in [-0.2, -0.15) is 13.2 Å². The highest BCUT2D eigenvalue weighted by Gasteiger charge is 2.51. The maximum atomic E-state index is 13.0. The Kier molecular flexibility index (Phi) is 4.24. The fourth-order valence-electron chi connectivity index (χ4n) is 3.81. The van der Waals surface area contributed by atoms with Crippen LogP contribution in [0.1, 0.15) is 24.2 Å². The smallest absolute Gasteiger partial charge is 0.340 e. The number of halogens is 3. The van der Waals surface area contributed by atoms with E-state index in [1.807, 2.05) is 18.2 Å². The van der Waals surface area contributed by atoms with Crippen LogP contribution < -0.4 is 4.90 Å².